The van der Waals surface area contributed by atoms with Crippen LogP contribution in [0.4, 0.5) is 4.79 Å². The summed E-state index contributed by atoms with van der Waals surface area (Å²) in [6.45, 7) is 6.53. The van der Waals surface area contributed by atoms with Crippen LogP contribution in [0, 0.1) is 11.8 Å². The average Bonchev–Trinajstić information content (AvgIpc) is 2.30. The third-order valence-corrected chi connectivity index (χ3v) is 3.01. The molecule has 0 rings (SSSR count). The second-order valence-corrected chi connectivity index (χ2v) is 4.97. The first-order valence-electron chi connectivity index (χ1n) is 6.29. The van der Waals surface area contributed by atoms with Crippen molar-refractivity contribution in [3.63, 3.8) is 0 Å². The van der Waals surface area contributed by atoms with Crippen LogP contribution < -0.4 is 16.4 Å². The van der Waals surface area contributed by atoms with E-state index >= 15 is 0 Å². The van der Waals surface area contributed by atoms with Crippen molar-refractivity contribution in [2.75, 3.05) is 6.54 Å². The first-order valence-corrected chi connectivity index (χ1v) is 6.29. The minimum atomic E-state index is -1.19. The Kier molecular flexibility index (Phi) is 7.55. The van der Waals surface area contributed by atoms with E-state index in [0.717, 1.165) is 0 Å². The van der Waals surface area contributed by atoms with E-state index in [1.807, 2.05) is 20.8 Å². The monoisotopic (exact) mass is 273 g/mol. The number of hydrogen-bond donors (Lipinski definition) is 4. The maximum Gasteiger partial charge on any atom is 0.326 e. The van der Waals surface area contributed by atoms with Crippen LogP contribution in [0.5, 0.6) is 0 Å². The molecule has 0 aliphatic rings. The van der Waals surface area contributed by atoms with Gasteiger partial charge in [0.2, 0.25) is 5.91 Å². The lowest BCUT2D eigenvalue weighted by molar-refractivity contribution is -0.139. The molecule has 0 aromatic carbocycles. The number of rotatable bonds is 8. The summed E-state index contributed by atoms with van der Waals surface area (Å²) in [4.78, 5) is 33.0. The smallest absolute Gasteiger partial charge is 0.326 e. The van der Waals surface area contributed by atoms with Crippen LogP contribution in [0.3, 0.4) is 0 Å². The van der Waals surface area contributed by atoms with Crippen molar-refractivity contribution in [2.24, 2.45) is 17.6 Å². The molecule has 0 saturated carbocycles. The zero-order valence-corrected chi connectivity index (χ0v) is 11.6. The number of carbonyl (C=O) groups is 3. The third-order valence-electron chi connectivity index (χ3n) is 3.01. The summed E-state index contributed by atoms with van der Waals surface area (Å²) in [7, 11) is 0. The number of aliphatic carboxylic acids is 1. The second-order valence-electron chi connectivity index (χ2n) is 4.97. The van der Waals surface area contributed by atoms with E-state index in [4.69, 9.17) is 10.8 Å². The number of hydrogen-bond acceptors (Lipinski definition) is 3. The summed E-state index contributed by atoms with van der Waals surface area (Å²) < 4.78 is 0. The summed E-state index contributed by atoms with van der Waals surface area (Å²) in [6.07, 6.45) is -0.0997. The molecule has 2 atom stereocenters. The Hall–Kier alpha value is -1.79. The van der Waals surface area contributed by atoms with E-state index in [-0.39, 0.29) is 12.8 Å². The molecule has 0 aromatic heterocycles. The number of nitrogens with one attached hydrogen (secondary N) is 2. The largest absolute Gasteiger partial charge is 0.480 e. The van der Waals surface area contributed by atoms with Crippen molar-refractivity contribution in [1.82, 2.24) is 10.6 Å². The van der Waals surface area contributed by atoms with Crippen molar-refractivity contribution in [3.05, 3.63) is 0 Å². The van der Waals surface area contributed by atoms with Gasteiger partial charge in [-0.3, -0.25) is 4.79 Å². The van der Waals surface area contributed by atoms with Crippen molar-refractivity contribution in [1.29, 1.82) is 0 Å². The minimum Gasteiger partial charge on any atom is -0.480 e. The predicted octanol–water partition coefficient (Wildman–Crippen LogP) is 0.296. The number of carbonyl (C=O) groups excluding carboxylic acids is 2. The fraction of sp³-hybridized carbons (Fsp3) is 0.750. The summed E-state index contributed by atoms with van der Waals surface area (Å²) in [5.74, 6) is -1.07. The van der Waals surface area contributed by atoms with Crippen molar-refractivity contribution in [2.45, 2.75) is 39.7 Å². The Morgan fingerprint density at radius 2 is 1.79 bits per heavy atom. The molecule has 3 amide bonds. The van der Waals surface area contributed by atoms with Crippen LogP contribution in [0.2, 0.25) is 0 Å². The first-order chi connectivity index (χ1) is 8.73. The van der Waals surface area contributed by atoms with Crippen molar-refractivity contribution >= 4 is 17.9 Å². The van der Waals surface area contributed by atoms with Gasteiger partial charge in [-0.25, -0.2) is 9.59 Å². The number of urea groups is 1. The first kappa shape index (κ1) is 17.2. The fourth-order valence-corrected chi connectivity index (χ4v) is 1.24. The number of carboxylic acids is 1. The van der Waals surface area contributed by atoms with Crippen LogP contribution in [0.1, 0.15) is 33.6 Å². The molecule has 110 valence electrons. The summed E-state index contributed by atoms with van der Waals surface area (Å²) in [6, 6.07) is -1.66. The van der Waals surface area contributed by atoms with Crippen LogP contribution in [-0.2, 0) is 9.59 Å². The van der Waals surface area contributed by atoms with Gasteiger partial charge in [-0.1, -0.05) is 20.8 Å². The van der Waals surface area contributed by atoms with Gasteiger partial charge in [-0.2, -0.15) is 0 Å². The van der Waals surface area contributed by atoms with Gasteiger partial charge in [-0.15, -0.1) is 0 Å². The number of primary amides is 1. The molecule has 19 heavy (non-hydrogen) atoms. The molecule has 0 bridgehead atoms. The highest BCUT2D eigenvalue weighted by Crippen LogP contribution is 2.07. The fourth-order valence-electron chi connectivity index (χ4n) is 1.24. The van der Waals surface area contributed by atoms with Crippen LogP contribution in [0.15, 0.2) is 0 Å². The molecule has 5 N–H and O–H groups in total. The quantitative estimate of drug-likeness (QED) is 0.508. The molecule has 0 aromatic rings. The second kappa shape index (κ2) is 8.34. The lowest BCUT2D eigenvalue weighted by Gasteiger charge is -2.18. The highest BCUT2D eigenvalue weighted by atomic mass is 16.4. The number of carboxylic acid groups (broad SMARTS) is 1. The van der Waals surface area contributed by atoms with Crippen LogP contribution in [0.25, 0.3) is 0 Å². The van der Waals surface area contributed by atoms with E-state index in [1.165, 1.54) is 0 Å². The van der Waals surface area contributed by atoms with E-state index in [1.54, 1.807) is 0 Å². The topological polar surface area (TPSA) is 122 Å². The van der Waals surface area contributed by atoms with E-state index in [2.05, 4.69) is 10.6 Å². The SMILES string of the molecule is CC(C)C(C)CNC(=O)NC(CCC(N)=O)C(=O)O. The lowest BCUT2D eigenvalue weighted by atomic mass is 9.98. The van der Waals surface area contributed by atoms with Crippen molar-refractivity contribution < 1.29 is 19.5 Å². The Labute approximate surface area is 112 Å². The van der Waals surface area contributed by atoms with Gasteiger partial charge in [0, 0.05) is 13.0 Å². The molecule has 0 saturated heterocycles. The summed E-state index contributed by atoms with van der Waals surface area (Å²) in [5.41, 5.74) is 4.94. The van der Waals surface area contributed by atoms with Gasteiger partial charge < -0.3 is 21.5 Å². The third kappa shape index (κ3) is 8.01. The normalized spacial score (nSPS) is 13.7. The van der Waals surface area contributed by atoms with Crippen LogP contribution in [-0.4, -0.2) is 35.6 Å². The Bertz CT molecular complexity index is 331. The predicted molar refractivity (Wildman–Crippen MR) is 70.4 cm³/mol. The highest BCUT2D eigenvalue weighted by Gasteiger charge is 2.20. The molecule has 0 aliphatic carbocycles. The van der Waals surface area contributed by atoms with Gasteiger partial charge in [-0.05, 0) is 18.3 Å². The molecule has 7 heteroatoms. The van der Waals surface area contributed by atoms with E-state index in [9.17, 15) is 14.4 Å². The average molecular weight is 273 g/mol. The van der Waals surface area contributed by atoms with Gasteiger partial charge >= 0.3 is 12.0 Å². The standard InChI is InChI=1S/C12H23N3O4/c1-7(2)8(3)6-14-12(19)15-9(11(17)18)4-5-10(13)16/h7-9H,4-6H2,1-3H3,(H2,13,16)(H,17,18)(H2,14,15,19). The minimum absolute atomic E-state index is 0.0161. The molecule has 0 spiro atoms. The van der Waals surface area contributed by atoms with Crippen LogP contribution >= 0.6 is 0 Å². The summed E-state index contributed by atoms with van der Waals surface area (Å²) >= 11 is 0. The van der Waals surface area contributed by atoms with Crippen molar-refractivity contribution in [3.8, 4) is 0 Å². The Morgan fingerprint density at radius 3 is 2.21 bits per heavy atom. The molecule has 0 heterocycles. The maximum absolute atomic E-state index is 11.5. The Balaban J connectivity index is 4.17. The highest BCUT2D eigenvalue weighted by molar-refractivity contribution is 5.83. The molecule has 0 fully saturated rings. The molecular weight excluding hydrogens is 250 g/mol. The van der Waals surface area contributed by atoms with Gasteiger partial charge in [0.1, 0.15) is 6.04 Å². The van der Waals surface area contributed by atoms with Gasteiger partial charge in [0.15, 0.2) is 0 Å². The molecular formula is C12H23N3O4. The molecule has 7 nitrogen and oxygen atoms in total. The molecule has 0 aliphatic heterocycles. The zero-order chi connectivity index (χ0) is 15.0. The number of amides is 3. The van der Waals surface area contributed by atoms with Gasteiger partial charge in [0.05, 0.1) is 0 Å². The van der Waals surface area contributed by atoms with E-state index in [0.29, 0.717) is 18.4 Å². The molecule has 2 unspecified atom stereocenters. The van der Waals surface area contributed by atoms with E-state index < -0.39 is 23.9 Å². The zero-order valence-electron chi connectivity index (χ0n) is 11.6. The maximum atomic E-state index is 11.5. The Morgan fingerprint density at radius 1 is 1.21 bits per heavy atom. The lowest BCUT2D eigenvalue weighted by Crippen LogP contribution is -2.47. The number of nitrogens with two attached hydrogens (primary N) is 1. The van der Waals surface area contributed by atoms with Gasteiger partial charge in [0.25, 0.3) is 0 Å². The molecule has 0 radical (unpaired) electrons. The summed E-state index contributed by atoms with van der Waals surface area (Å²) in [5, 5.41) is 13.8.